The van der Waals surface area contributed by atoms with E-state index in [0.29, 0.717) is 0 Å². The van der Waals surface area contributed by atoms with E-state index < -0.39 is 0 Å². The van der Waals surface area contributed by atoms with Gasteiger partial charge in [-0.2, -0.15) is 0 Å². The van der Waals surface area contributed by atoms with Gasteiger partial charge in [0.05, 0.1) is 0 Å². The van der Waals surface area contributed by atoms with E-state index in [4.69, 9.17) is 0 Å². The summed E-state index contributed by atoms with van der Waals surface area (Å²) < 4.78 is 0. The van der Waals surface area contributed by atoms with Crippen LogP contribution in [-0.4, -0.2) is 0 Å². The van der Waals surface area contributed by atoms with E-state index in [1.807, 2.05) is 6.07 Å². The van der Waals surface area contributed by atoms with Gasteiger partial charge < -0.3 is 0 Å². The van der Waals surface area contributed by atoms with Crippen molar-refractivity contribution < 1.29 is 0 Å². The maximum atomic E-state index is 2.34. The van der Waals surface area contributed by atoms with E-state index in [0.717, 1.165) is 6.42 Å². The zero-order valence-corrected chi connectivity index (χ0v) is 10.3. The summed E-state index contributed by atoms with van der Waals surface area (Å²) >= 11 is 0. The third-order valence-electron chi connectivity index (χ3n) is 3.36. The molecule has 0 saturated heterocycles. The minimum atomic E-state index is 1.14. The van der Waals surface area contributed by atoms with E-state index in [-0.39, 0.29) is 0 Å². The molecule has 0 fully saturated rings. The monoisotopic (exact) mass is 232 g/mol. The van der Waals surface area contributed by atoms with Gasteiger partial charge in [-0.05, 0) is 35.1 Å². The van der Waals surface area contributed by atoms with Crippen molar-refractivity contribution in [2.45, 2.75) is 12.8 Å². The van der Waals surface area contributed by atoms with Crippen molar-refractivity contribution in [3.63, 3.8) is 0 Å². The lowest BCUT2D eigenvalue weighted by Crippen LogP contribution is -1.97. The van der Waals surface area contributed by atoms with Crippen LogP contribution in [0.25, 0.3) is 11.6 Å². The van der Waals surface area contributed by atoms with Crippen molar-refractivity contribution in [3.05, 3.63) is 83.4 Å². The van der Waals surface area contributed by atoms with E-state index in [2.05, 4.69) is 66.8 Å². The van der Waals surface area contributed by atoms with Crippen molar-refractivity contribution >= 4 is 11.6 Å². The first-order chi connectivity index (χ1) is 8.93. The standard InChI is InChI=1S/C18H16/c1-2-7-15(8-3-1)13-14-17-11-6-10-16-9-4-5-12-18(16)17/h1-5,7-9,11-14H,6,10H2/b14-13+. The van der Waals surface area contributed by atoms with Crippen molar-refractivity contribution in [2.75, 3.05) is 0 Å². The second-order valence-electron chi connectivity index (χ2n) is 4.60. The summed E-state index contributed by atoms with van der Waals surface area (Å²) in [4.78, 5) is 0. The fourth-order valence-corrected chi connectivity index (χ4v) is 2.42. The summed E-state index contributed by atoms with van der Waals surface area (Å²) in [5.41, 5.74) is 5.45. The molecule has 0 aromatic heterocycles. The summed E-state index contributed by atoms with van der Waals surface area (Å²) in [6.07, 6.45) is 9.06. The first-order valence-corrected chi connectivity index (χ1v) is 6.45. The molecule has 1 aliphatic carbocycles. The highest BCUT2D eigenvalue weighted by Crippen LogP contribution is 2.27. The van der Waals surface area contributed by atoms with E-state index in [1.165, 1.54) is 28.7 Å². The minimum Gasteiger partial charge on any atom is -0.0763 e. The molecule has 0 heteroatoms. The molecule has 0 heterocycles. The van der Waals surface area contributed by atoms with Gasteiger partial charge in [-0.3, -0.25) is 0 Å². The highest BCUT2D eigenvalue weighted by Gasteiger charge is 2.08. The molecular formula is C18H16. The molecule has 2 aromatic rings. The predicted molar refractivity (Wildman–Crippen MR) is 78.2 cm³/mol. The normalized spacial score (nSPS) is 14.3. The second kappa shape index (κ2) is 5.05. The Balaban J connectivity index is 1.90. The Labute approximate surface area is 108 Å². The molecule has 1 aliphatic rings. The lowest BCUT2D eigenvalue weighted by Gasteiger charge is -2.14. The minimum absolute atomic E-state index is 1.14. The summed E-state index contributed by atoms with van der Waals surface area (Å²) in [7, 11) is 0. The number of hydrogen-bond acceptors (Lipinski definition) is 0. The summed E-state index contributed by atoms with van der Waals surface area (Å²) in [6.45, 7) is 0. The van der Waals surface area contributed by atoms with E-state index >= 15 is 0 Å². The van der Waals surface area contributed by atoms with Gasteiger partial charge in [0.2, 0.25) is 0 Å². The Hall–Kier alpha value is -2.08. The smallest absolute Gasteiger partial charge is 0.0155 e. The average molecular weight is 232 g/mol. The number of hydrogen-bond donors (Lipinski definition) is 0. The molecule has 0 atom stereocenters. The summed E-state index contributed by atoms with van der Waals surface area (Å²) in [6, 6.07) is 19.2. The summed E-state index contributed by atoms with van der Waals surface area (Å²) in [5, 5.41) is 0. The first kappa shape index (κ1) is 11.0. The van der Waals surface area contributed by atoms with Gasteiger partial charge in [0.15, 0.2) is 0 Å². The number of fused-ring (bicyclic) bond motifs is 1. The molecule has 2 aromatic carbocycles. The SMILES string of the molecule is C1=C(/C=C/c2ccccc2)c2ccccc2CC1. The van der Waals surface area contributed by atoms with Crippen LogP contribution in [0.5, 0.6) is 0 Å². The maximum absolute atomic E-state index is 2.34. The topological polar surface area (TPSA) is 0 Å². The first-order valence-electron chi connectivity index (χ1n) is 6.45. The zero-order valence-electron chi connectivity index (χ0n) is 10.3. The lowest BCUT2D eigenvalue weighted by atomic mass is 9.90. The Morgan fingerprint density at radius 2 is 1.56 bits per heavy atom. The largest absolute Gasteiger partial charge is 0.0763 e. The predicted octanol–water partition coefficient (Wildman–Crippen LogP) is 4.73. The highest BCUT2D eigenvalue weighted by atomic mass is 14.1. The zero-order chi connectivity index (χ0) is 12.2. The van der Waals surface area contributed by atoms with Crippen LogP contribution in [0.4, 0.5) is 0 Å². The Kier molecular flexibility index (Phi) is 3.10. The molecular weight excluding hydrogens is 216 g/mol. The third-order valence-corrected chi connectivity index (χ3v) is 3.36. The maximum Gasteiger partial charge on any atom is -0.0155 e. The van der Waals surface area contributed by atoms with Gasteiger partial charge in [0.1, 0.15) is 0 Å². The van der Waals surface area contributed by atoms with E-state index in [9.17, 15) is 0 Å². The molecule has 88 valence electrons. The second-order valence-corrected chi connectivity index (χ2v) is 4.60. The Morgan fingerprint density at radius 1 is 0.778 bits per heavy atom. The van der Waals surface area contributed by atoms with Crippen LogP contribution in [0, 0.1) is 0 Å². The van der Waals surface area contributed by atoms with Crippen molar-refractivity contribution in [3.8, 4) is 0 Å². The average Bonchev–Trinajstić information content (AvgIpc) is 2.46. The fraction of sp³-hybridized carbons (Fsp3) is 0.111. The molecule has 0 aliphatic heterocycles. The van der Waals surface area contributed by atoms with Crippen molar-refractivity contribution in [1.29, 1.82) is 0 Å². The summed E-state index contributed by atoms with van der Waals surface area (Å²) in [5.74, 6) is 0. The van der Waals surface area contributed by atoms with Crippen molar-refractivity contribution in [2.24, 2.45) is 0 Å². The molecule has 0 spiro atoms. The van der Waals surface area contributed by atoms with E-state index in [1.54, 1.807) is 0 Å². The van der Waals surface area contributed by atoms with Crippen LogP contribution in [0.2, 0.25) is 0 Å². The highest BCUT2D eigenvalue weighted by molar-refractivity contribution is 5.81. The quantitative estimate of drug-likeness (QED) is 0.702. The Bertz CT molecular complexity index is 588. The van der Waals surface area contributed by atoms with Crippen LogP contribution >= 0.6 is 0 Å². The molecule has 0 unspecified atom stereocenters. The molecule has 0 nitrogen and oxygen atoms in total. The van der Waals surface area contributed by atoms with Crippen LogP contribution in [-0.2, 0) is 6.42 Å². The number of benzene rings is 2. The van der Waals surface area contributed by atoms with Gasteiger partial charge in [0, 0.05) is 0 Å². The van der Waals surface area contributed by atoms with Gasteiger partial charge in [-0.25, -0.2) is 0 Å². The fourth-order valence-electron chi connectivity index (χ4n) is 2.42. The lowest BCUT2D eigenvalue weighted by molar-refractivity contribution is 0.980. The Morgan fingerprint density at radius 3 is 2.44 bits per heavy atom. The number of rotatable bonds is 2. The molecule has 3 rings (SSSR count). The molecule has 18 heavy (non-hydrogen) atoms. The van der Waals surface area contributed by atoms with Crippen LogP contribution < -0.4 is 0 Å². The molecule has 0 N–H and O–H groups in total. The number of aryl methyl sites for hydroxylation is 1. The molecule has 0 bridgehead atoms. The van der Waals surface area contributed by atoms with Gasteiger partial charge in [-0.1, -0.05) is 72.8 Å². The molecule has 0 radical (unpaired) electrons. The number of allylic oxidation sites excluding steroid dienone is 3. The van der Waals surface area contributed by atoms with Crippen molar-refractivity contribution in [1.82, 2.24) is 0 Å². The molecule has 0 saturated carbocycles. The van der Waals surface area contributed by atoms with Gasteiger partial charge in [-0.15, -0.1) is 0 Å². The third kappa shape index (κ3) is 2.28. The van der Waals surface area contributed by atoms with Gasteiger partial charge in [0.25, 0.3) is 0 Å². The van der Waals surface area contributed by atoms with Crippen LogP contribution in [0.1, 0.15) is 23.1 Å². The van der Waals surface area contributed by atoms with Crippen LogP contribution in [0.15, 0.2) is 66.7 Å². The van der Waals surface area contributed by atoms with Crippen LogP contribution in [0.3, 0.4) is 0 Å². The molecule has 0 amide bonds. The van der Waals surface area contributed by atoms with Gasteiger partial charge >= 0.3 is 0 Å².